The van der Waals surface area contributed by atoms with E-state index in [1.165, 1.54) is 18.2 Å². The highest BCUT2D eigenvalue weighted by atomic mass is 31.2. The van der Waals surface area contributed by atoms with Crippen molar-refractivity contribution in [2.24, 2.45) is 0 Å². The van der Waals surface area contributed by atoms with Gasteiger partial charge in [0.25, 0.3) is 0 Å². The van der Waals surface area contributed by atoms with Gasteiger partial charge in [-0.05, 0) is 65.3 Å². The molecule has 9 nitrogen and oxygen atoms in total. The summed E-state index contributed by atoms with van der Waals surface area (Å²) in [6.07, 6.45) is 0.929. The zero-order valence-corrected chi connectivity index (χ0v) is 21.8. The molecule has 3 aliphatic heterocycles. The first-order valence-corrected chi connectivity index (χ1v) is 14.9. The monoisotopic (exact) mass is 518 g/mol. The average molecular weight is 518 g/mol. The molecule has 4 rings (SSSR count). The van der Waals surface area contributed by atoms with Crippen LogP contribution >= 0.6 is 15.2 Å². The van der Waals surface area contributed by atoms with Gasteiger partial charge in [0.05, 0.1) is 26.4 Å². The summed E-state index contributed by atoms with van der Waals surface area (Å²) in [5.74, 6) is -0.889. The van der Waals surface area contributed by atoms with E-state index < -0.39 is 37.5 Å². The van der Waals surface area contributed by atoms with Crippen LogP contribution in [0, 0.1) is 5.82 Å². The molecule has 2 atom stereocenters. The number of halogens is 1. The van der Waals surface area contributed by atoms with Crippen LogP contribution in [0.4, 0.5) is 10.1 Å². The SMILES string of the molecule is CCOP(=O)(OCC)C1(P(=O)(OCC)OCC)CC2(C(=O)Nc3ccc(F)cc32)N2CCCC21. The maximum Gasteiger partial charge on any atom is 0.350 e. The molecule has 12 heteroatoms. The molecule has 3 aliphatic rings. The molecule has 1 aromatic carbocycles. The van der Waals surface area contributed by atoms with Crippen molar-refractivity contribution in [2.45, 2.75) is 63.4 Å². The zero-order chi connectivity index (χ0) is 24.8. The second-order valence-electron chi connectivity index (χ2n) is 8.58. The Morgan fingerprint density at radius 2 is 1.59 bits per heavy atom. The molecule has 34 heavy (non-hydrogen) atoms. The minimum atomic E-state index is -4.21. The quantitative estimate of drug-likeness (QED) is 0.429. The highest BCUT2D eigenvalue weighted by Crippen LogP contribution is 2.85. The number of anilines is 1. The molecule has 0 aromatic heterocycles. The van der Waals surface area contributed by atoms with E-state index in [1.807, 2.05) is 4.90 Å². The molecule has 0 saturated carbocycles. The number of nitrogens with zero attached hydrogens (tertiary/aromatic N) is 1. The maximum absolute atomic E-state index is 14.7. The Morgan fingerprint density at radius 1 is 1.03 bits per heavy atom. The van der Waals surface area contributed by atoms with Crippen molar-refractivity contribution in [3.63, 3.8) is 0 Å². The first-order valence-electron chi connectivity index (χ1n) is 11.9. The van der Waals surface area contributed by atoms with Crippen molar-refractivity contribution in [2.75, 3.05) is 38.3 Å². The smallest absolute Gasteiger partial charge is 0.324 e. The van der Waals surface area contributed by atoms with Gasteiger partial charge in [0.1, 0.15) is 11.4 Å². The average Bonchev–Trinajstić information content (AvgIpc) is 3.44. The van der Waals surface area contributed by atoms with Crippen molar-refractivity contribution in [3.8, 4) is 0 Å². The lowest BCUT2D eigenvalue weighted by Crippen LogP contribution is -2.47. The molecular weight excluding hydrogens is 485 g/mol. The molecule has 1 amide bonds. The zero-order valence-electron chi connectivity index (χ0n) is 20.0. The van der Waals surface area contributed by atoms with E-state index in [-0.39, 0.29) is 38.8 Å². The minimum Gasteiger partial charge on any atom is -0.324 e. The van der Waals surface area contributed by atoms with Crippen LogP contribution in [0.2, 0.25) is 0 Å². The van der Waals surface area contributed by atoms with Gasteiger partial charge in [0, 0.05) is 23.7 Å². The molecule has 0 bridgehead atoms. The number of rotatable bonds is 10. The summed E-state index contributed by atoms with van der Waals surface area (Å²) in [5.41, 5.74) is -0.518. The number of amides is 1. The lowest BCUT2D eigenvalue weighted by molar-refractivity contribution is -0.126. The Morgan fingerprint density at radius 3 is 2.12 bits per heavy atom. The minimum absolute atomic E-state index is 0.0361. The lowest BCUT2D eigenvalue weighted by Gasteiger charge is -2.42. The van der Waals surface area contributed by atoms with Gasteiger partial charge in [0.2, 0.25) is 5.91 Å². The van der Waals surface area contributed by atoms with Crippen molar-refractivity contribution in [1.82, 2.24) is 4.90 Å². The number of carbonyl (C=O) groups is 1. The van der Waals surface area contributed by atoms with E-state index in [0.717, 1.165) is 0 Å². The summed E-state index contributed by atoms with van der Waals surface area (Å²) in [6.45, 7) is 7.31. The van der Waals surface area contributed by atoms with Crippen LogP contribution in [-0.4, -0.2) is 54.7 Å². The summed E-state index contributed by atoms with van der Waals surface area (Å²) in [7, 11) is -8.41. The lowest BCUT2D eigenvalue weighted by atomic mass is 9.88. The van der Waals surface area contributed by atoms with E-state index in [1.54, 1.807) is 27.7 Å². The van der Waals surface area contributed by atoms with E-state index in [4.69, 9.17) is 18.1 Å². The summed E-state index contributed by atoms with van der Waals surface area (Å²) in [6, 6.07) is 3.44. The Bertz CT molecular complexity index is 1000. The van der Waals surface area contributed by atoms with Crippen molar-refractivity contribution < 1.29 is 36.4 Å². The van der Waals surface area contributed by atoms with Crippen LogP contribution < -0.4 is 5.32 Å². The maximum atomic E-state index is 14.7. The Labute approximate surface area is 199 Å². The van der Waals surface area contributed by atoms with E-state index in [0.29, 0.717) is 30.6 Å². The molecule has 0 radical (unpaired) electrons. The largest absolute Gasteiger partial charge is 0.350 e. The summed E-state index contributed by atoms with van der Waals surface area (Å²) in [4.78, 5) is 13.8. The van der Waals surface area contributed by atoms with Crippen molar-refractivity contribution in [3.05, 3.63) is 29.6 Å². The first-order chi connectivity index (χ1) is 16.2. The van der Waals surface area contributed by atoms with Gasteiger partial charge in [-0.1, -0.05) is 0 Å². The predicted octanol–water partition coefficient (Wildman–Crippen LogP) is 5.07. The van der Waals surface area contributed by atoms with Gasteiger partial charge in [-0.2, -0.15) is 0 Å². The molecule has 2 unspecified atom stereocenters. The van der Waals surface area contributed by atoms with Crippen LogP contribution in [-0.2, 0) is 37.6 Å². The number of benzene rings is 1. The molecule has 0 aliphatic carbocycles. The normalized spacial score (nSPS) is 26.1. The van der Waals surface area contributed by atoms with Crippen LogP contribution in [0.25, 0.3) is 0 Å². The molecule has 1 aromatic rings. The van der Waals surface area contributed by atoms with Gasteiger partial charge in [-0.25, -0.2) is 4.39 Å². The summed E-state index contributed by atoms with van der Waals surface area (Å²) >= 11 is 0. The molecule has 2 fully saturated rings. The third-order valence-corrected chi connectivity index (χ3v) is 13.7. The molecule has 190 valence electrons. The Hall–Kier alpha value is -1.12. The third kappa shape index (κ3) is 3.41. The van der Waals surface area contributed by atoms with E-state index >= 15 is 0 Å². The van der Waals surface area contributed by atoms with Gasteiger partial charge in [0.15, 0.2) is 4.90 Å². The molecule has 3 heterocycles. The van der Waals surface area contributed by atoms with Gasteiger partial charge in [-0.3, -0.25) is 18.8 Å². The fraction of sp³-hybridized carbons (Fsp3) is 0.682. The number of hydrogen-bond donors (Lipinski definition) is 1. The van der Waals surface area contributed by atoms with Crippen LogP contribution in [0.3, 0.4) is 0 Å². The number of fused-ring (bicyclic) bond motifs is 4. The number of nitrogens with one attached hydrogen (secondary N) is 1. The Balaban J connectivity index is 2.04. The Kier molecular flexibility index (Phi) is 7.17. The van der Waals surface area contributed by atoms with Crippen molar-refractivity contribution in [1.29, 1.82) is 0 Å². The summed E-state index contributed by atoms with van der Waals surface area (Å²) in [5, 5.41) is 2.85. The topological polar surface area (TPSA) is 103 Å². The van der Waals surface area contributed by atoms with Gasteiger partial charge < -0.3 is 23.4 Å². The van der Waals surface area contributed by atoms with Gasteiger partial charge >= 0.3 is 15.2 Å². The molecule has 2 saturated heterocycles. The first kappa shape index (κ1) is 26.0. The van der Waals surface area contributed by atoms with Crippen LogP contribution in [0.5, 0.6) is 0 Å². The number of carbonyl (C=O) groups excluding carboxylic acids is 1. The number of hydrogen-bond acceptors (Lipinski definition) is 8. The highest BCUT2D eigenvalue weighted by Gasteiger charge is 2.80. The standard InChI is InChI=1S/C22H33FN2O7P2/c1-5-29-33(27,30-6-2)22(34(28,31-7-3)32-8-4)15-21(25-13-9-10-19(22)25)17-14-16(23)11-12-18(17)24-20(21)26/h11-12,14,19H,5-10,13,15H2,1-4H3,(H,24,26). The third-order valence-electron chi connectivity index (χ3n) is 6.99. The fourth-order valence-corrected chi connectivity index (χ4v) is 12.4. The van der Waals surface area contributed by atoms with E-state index in [9.17, 15) is 18.3 Å². The predicted molar refractivity (Wildman–Crippen MR) is 126 cm³/mol. The van der Waals surface area contributed by atoms with Crippen LogP contribution in [0.15, 0.2) is 18.2 Å². The fourth-order valence-electron chi connectivity index (χ4n) is 5.99. The van der Waals surface area contributed by atoms with Gasteiger partial charge in [-0.15, -0.1) is 0 Å². The van der Waals surface area contributed by atoms with Crippen LogP contribution in [0.1, 0.15) is 52.5 Å². The molecular formula is C22H33FN2O7P2. The molecule has 1 N–H and O–H groups in total. The second kappa shape index (κ2) is 9.40. The highest BCUT2D eigenvalue weighted by molar-refractivity contribution is 7.74. The van der Waals surface area contributed by atoms with Crippen molar-refractivity contribution >= 4 is 26.8 Å². The van der Waals surface area contributed by atoms with E-state index in [2.05, 4.69) is 5.32 Å². The summed E-state index contributed by atoms with van der Waals surface area (Å²) < 4.78 is 67.1. The second-order valence-corrected chi connectivity index (χ2v) is 13.5. The molecule has 1 spiro atoms.